The quantitative estimate of drug-likeness (QED) is 0.0245. The summed E-state index contributed by atoms with van der Waals surface area (Å²) in [6, 6.07) is -0.863. The summed E-state index contributed by atoms with van der Waals surface area (Å²) in [5.74, 6) is -0.191. The standard InChI is InChI=1S/C48H93N2O6P/c1-6-8-10-12-14-16-18-20-22-23-24-25-26-28-30-32-34-36-38-40-42-48(52)49-46(45-56-57(53,54)55-44-43-50(3,4)5)47(51)41-39-37-35-33-31-29-27-21-19-17-15-13-11-9-7-2/h24-25,31,33,39,41,46-47,51H,6-23,26-30,32,34-38,40,42-45H2,1-5H3,(H-,49,52,53,54)/p+1/b25-24-,33-31+,41-39+. The average molecular weight is 826 g/mol. The van der Waals surface area contributed by atoms with Crippen LogP contribution in [0.2, 0.25) is 0 Å². The first-order valence-corrected chi connectivity index (χ1v) is 25.4. The Kier molecular flexibility index (Phi) is 39.2. The number of hydrogen-bond acceptors (Lipinski definition) is 5. The van der Waals surface area contributed by atoms with Crippen LogP contribution < -0.4 is 5.32 Å². The van der Waals surface area contributed by atoms with Gasteiger partial charge in [-0.1, -0.05) is 185 Å². The second-order valence-corrected chi connectivity index (χ2v) is 18.9. The van der Waals surface area contributed by atoms with Crippen LogP contribution in [0.1, 0.15) is 213 Å². The van der Waals surface area contributed by atoms with Crippen LogP contribution in [0.15, 0.2) is 36.5 Å². The Balaban J connectivity index is 4.39. The van der Waals surface area contributed by atoms with Crippen LogP contribution in [0.25, 0.3) is 0 Å². The Labute approximate surface area is 353 Å². The highest BCUT2D eigenvalue weighted by atomic mass is 31.2. The highest BCUT2D eigenvalue weighted by Crippen LogP contribution is 2.43. The van der Waals surface area contributed by atoms with E-state index < -0.39 is 20.0 Å². The van der Waals surface area contributed by atoms with Gasteiger partial charge in [-0.05, 0) is 57.8 Å². The minimum atomic E-state index is -4.35. The van der Waals surface area contributed by atoms with Gasteiger partial charge in [-0.15, -0.1) is 0 Å². The van der Waals surface area contributed by atoms with E-state index in [2.05, 4.69) is 43.5 Å². The van der Waals surface area contributed by atoms with Crippen molar-refractivity contribution in [2.75, 3.05) is 40.9 Å². The maximum absolute atomic E-state index is 12.9. The number of nitrogens with zero attached hydrogens (tertiary/aromatic N) is 1. The molecule has 0 fully saturated rings. The lowest BCUT2D eigenvalue weighted by molar-refractivity contribution is -0.870. The van der Waals surface area contributed by atoms with Gasteiger partial charge in [0.05, 0.1) is 39.9 Å². The molecule has 0 saturated heterocycles. The maximum Gasteiger partial charge on any atom is 0.472 e. The fourth-order valence-corrected chi connectivity index (χ4v) is 7.49. The molecular weight excluding hydrogens is 732 g/mol. The number of amides is 1. The van der Waals surface area contributed by atoms with Crippen molar-refractivity contribution in [2.45, 2.75) is 225 Å². The third-order valence-corrected chi connectivity index (χ3v) is 11.6. The molecule has 0 rings (SSSR count). The molecule has 3 N–H and O–H groups in total. The molecule has 0 aromatic heterocycles. The lowest BCUT2D eigenvalue weighted by atomic mass is 10.1. The number of unbranched alkanes of at least 4 members (excludes halogenated alkanes) is 26. The summed E-state index contributed by atoms with van der Waals surface area (Å²) in [5.41, 5.74) is 0. The van der Waals surface area contributed by atoms with Gasteiger partial charge in [0.25, 0.3) is 0 Å². The lowest BCUT2D eigenvalue weighted by Gasteiger charge is -2.25. The Hall–Kier alpha value is -1.28. The van der Waals surface area contributed by atoms with E-state index in [1.165, 1.54) is 154 Å². The SMILES string of the molecule is CCCCCCCCCCC/C=C\CCCCCCCCCC(=O)NC(COP(=O)(O)OCC[N+](C)(C)C)C(O)/C=C/CC/C=C/CCCCCCCCCCC. The average Bonchev–Trinajstić information content (AvgIpc) is 3.16. The number of carbonyl (C=O) groups is 1. The summed E-state index contributed by atoms with van der Waals surface area (Å²) in [4.78, 5) is 23.1. The number of allylic oxidation sites excluding steroid dienone is 5. The number of aliphatic hydroxyl groups excluding tert-OH is 1. The van der Waals surface area contributed by atoms with Crippen molar-refractivity contribution < 1.29 is 32.9 Å². The Morgan fingerprint density at radius 1 is 0.579 bits per heavy atom. The number of quaternary nitrogens is 1. The van der Waals surface area contributed by atoms with Gasteiger partial charge in [-0.3, -0.25) is 13.8 Å². The molecule has 0 aliphatic rings. The van der Waals surface area contributed by atoms with Crippen molar-refractivity contribution in [1.29, 1.82) is 0 Å². The number of aliphatic hydroxyl groups is 1. The van der Waals surface area contributed by atoms with E-state index in [1.807, 2.05) is 27.2 Å². The zero-order valence-corrected chi connectivity index (χ0v) is 39.0. The monoisotopic (exact) mass is 826 g/mol. The molecule has 3 atom stereocenters. The molecule has 0 aromatic rings. The number of phosphoric acid groups is 1. The van der Waals surface area contributed by atoms with Gasteiger partial charge < -0.3 is 19.8 Å². The molecule has 0 bridgehead atoms. The summed E-state index contributed by atoms with van der Waals surface area (Å²) < 4.78 is 23.6. The Bertz CT molecular complexity index is 1030. The Morgan fingerprint density at radius 3 is 1.40 bits per heavy atom. The van der Waals surface area contributed by atoms with E-state index in [4.69, 9.17) is 9.05 Å². The number of carbonyl (C=O) groups excluding carboxylic acids is 1. The fourth-order valence-electron chi connectivity index (χ4n) is 6.76. The first-order chi connectivity index (χ1) is 27.5. The largest absolute Gasteiger partial charge is 0.472 e. The van der Waals surface area contributed by atoms with E-state index in [9.17, 15) is 19.4 Å². The predicted octanol–water partition coefficient (Wildman–Crippen LogP) is 13.5. The van der Waals surface area contributed by atoms with Crippen LogP contribution >= 0.6 is 7.82 Å². The third-order valence-electron chi connectivity index (χ3n) is 10.6. The van der Waals surface area contributed by atoms with Crippen molar-refractivity contribution in [3.05, 3.63) is 36.5 Å². The van der Waals surface area contributed by atoms with Gasteiger partial charge in [0.2, 0.25) is 5.91 Å². The molecule has 0 aromatic carbocycles. The van der Waals surface area contributed by atoms with Crippen LogP contribution in [0.3, 0.4) is 0 Å². The van der Waals surface area contributed by atoms with Crippen molar-refractivity contribution >= 4 is 13.7 Å². The molecule has 0 heterocycles. The van der Waals surface area contributed by atoms with Crippen LogP contribution in [0.5, 0.6) is 0 Å². The second kappa shape index (κ2) is 40.1. The number of rotatable bonds is 43. The zero-order valence-electron chi connectivity index (χ0n) is 38.1. The molecule has 8 nitrogen and oxygen atoms in total. The number of phosphoric ester groups is 1. The summed E-state index contributed by atoms with van der Waals surface area (Å²) in [7, 11) is 1.55. The van der Waals surface area contributed by atoms with Crippen LogP contribution in [-0.2, 0) is 18.4 Å². The summed E-state index contributed by atoms with van der Waals surface area (Å²) >= 11 is 0. The molecule has 9 heteroatoms. The molecule has 0 spiro atoms. The molecule has 0 radical (unpaired) electrons. The van der Waals surface area contributed by atoms with E-state index in [0.717, 1.165) is 38.5 Å². The van der Waals surface area contributed by atoms with Crippen molar-refractivity contribution in [2.24, 2.45) is 0 Å². The van der Waals surface area contributed by atoms with Gasteiger partial charge in [-0.25, -0.2) is 4.57 Å². The molecule has 0 saturated carbocycles. The number of hydrogen-bond donors (Lipinski definition) is 3. The summed E-state index contributed by atoms with van der Waals surface area (Å²) in [6.07, 6.45) is 49.3. The van der Waals surface area contributed by atoms with Gasteiger partial charge in [0, 0.05) is 6.42 Å². The number of likely N-dealkylation sites (N-methyl/N-ethyl adjacent to an activating group) is 1. The summed E-state index contributed by atoms with van der Waals surface area (Å²) in [5, 5.41) is 13.8. The van der Waals surface area contributed by atoms with E-state index >= 15 is 0 Å². The second-order valence-electron chi connectivity index (χ2n) is 17.5. The lowest BCUT2D eigenvalue weighted by Crippen LogP contribution is -2.45. The van der Waals surface area contributed by atoms with E-state index in [1.54, 1.807) is 6.08 Å². The molecule has 0 aliphatic carbocycles. The van der Waals surface area contributed by atoms with E-state index in [-0.39, 0.29) is 19.1 Å². The number of nitrogens with one attached hydrogen (secondary N) is 1. The zero-order chi connectivity index (χ0) is 42.1. The normalized spacial score (nSPS) is 14.6. The highest BCUT2D eigenvalue weighted by molar-refractivity contribution is 7.47. The van der Waals surface area contributed by atoms with Crippen molar-refractivity contribution in [1.82, 2.24) is 5.32 Å². The molecule has 57 heavy (non-hydrogen) atoms. The van der Waals surface area contributed by atoms with Gasteiger partial charge in [0.1, 0.15) is 13.2 Å². The molecule has 336 valence electrons. The van der Waals surface area contributed by atoms with Gasteiger partial charge in [-0.2, -0.15) is 0 Å². The van der Waals surface area contributed by atoms with Crippen molar-refractivity contribution in [3.8, 4) is 0 Å². The van der Waals surface area contributed by atoms with E-state index in [0.29, 0.717) is 17.4 Å². The first-order valence-electron chi connectivity index (χ1n) is 23.9. The molecule has 1 amide bonds. The topological polar surface area (TPSA) is 105 Å². The predicted molar refractivity (Wildman–Crippen MR) is 244 cm³/mol. The molecule has 3 unspecified atom stereocenters. The molecular formula is C48H94N2O6P+. The third kappa shape index (κ3) is 42.6. The maximum atomic E-state index is 12.9. The smallest absolute Gasteiger partial charge is 0.387 e. The minimum Gasteiger partial charge on any atom is -0.387 e. The van der Waals surface area contributed by atoms with Crippen LogP contribution in [0, 0.1) is 0 Å². The first kappa shape index (κ1) is 55.7. The fraction of sp³-hybridized carbons (Fsp3) is 0.854. The van der Waals surface area contributed by atoms with Crippen LogP contribution in [0.4, 0.5) is 0 Å². The van der Waals surface area contributed by atoms with Gasteiger partial charge in [0.15, 0.2) is 0 Å². The van der Waals surface area contributed by atoms with Crippen LogP contribution in [-0.4, -0.2) is 73.4 Å². The highest BCUT2D eigenvalue weighted by Gasteiger charge is 2.27. The van der Waals surface area contributed by atoms with Crippen molar-refractivity contribution in [3.63, 3.8) is 0 Å². The summed E-state index contributed by atoms with van der Waals surface area (Å²) in [6.45, 7) is 4.79. The van der Waals surface area contributed by atoms with Gasteiger partial charge >= 0.3 is 7.82 Å². The minimum absolute atomic E-state index is 0.0554. The molecule has 0 aliphatic heterocycles. The Morgan fingerprint density at radius 2 is 0.965 bits per heavy atom.